The molecule has 0 aliphatic heterocycles. The molecule has 0 radical (unpaired) electrons. The Morgan fingerprint density at radius 1 is 0.914 bits per heavy atom. The number of carbonyl (C=O) groups excluding carboxylic acids is 1. The molecule has 0 aliphatic rings. The normalized spacial score (nSPS) is 10.8. The highest BCUT2D eigenvalue weighted by atomic mass is 35.5. The second kappa shape index (κ2) is 12.9. The number of halogens is 2. The van der Waals surface area contributed by atoms with E-state index in [4.69, 9.17) is 42.1 Å². The molecule has 35 heavy (non-hydrogen) atoms. The third kappa shape index (κ3) is 7.28. The summed E-state index contributed by atoms with van der Waals surface area (Å²) < 4.78 is 22.4. The van der Waals surface area contributed by atoms with E-state index in [0.29, 0.717) is 64.0 Å². The zero-order chi connectivity index (χ0) is 25.2. The molecule has 3 aromatic rings. The predicted molar refractivity (Wildman–Crippen MR) is 138 cm³/mol. The van der Waals surface area contributed by atoms with E-state index in [1.54, 1.807) is 42.5 Å². The molecule has 0 heterocycles. The molecule has 0 saturated heterocycles. The van der Waals surface area contributed by atoms with Crippen LogP contribution < -0.4 is 24.4 Å². The van der Waals surface area contributed by atoms with Crippen LogP contribution in [0, 0.1) is 0 Å². The van der Waals surface area contributed by atoms with Gasteiger partial charge in [0.2, 0.25) is 0 Å². The fourth-order valence-electron chi connectivity index (χ4n) is 3.12. The van der Waals surface area contributed by atoms with Gasteiger partial charge in [0.15, 0.2) is 23.0 Å². The Labute approximate surface area is 214 Å². The maximum absolute atomic E-state index is 12.5. The molecule has 0 fully saturated rings. The van der Waals surface area contributed by atoms with E-state index in [-0.39, 0.29) is 0 Å². The Morgan fingerprint density at radius 2 is 1.63 bits per heavy atom. The van der Waals surface area contributed by atoms with Crippen LogP contribution in [0.15, 0.2) is 59.7 Å². The van der Waals surface area contributed by atoms with Gasteiger partial charge in [-0.05, 0) is 67.4 Å². The average molecular weight is 517 g/mol. The Hall–Kier alpha value is -3.42. The van der Waals surface area contributed by atoms with Crippen molar-refractivity contribution in [2.45, 2.75) is 20.5 Å². The smallest absolute Gasteiger partial charge is 0.271 e. The molecule has 0 aliphatic carbocycles. The van der Waals surface area contributed by atoms with Crippen LogP contribution in [-0.4, -0.2) is 32.4 Å². The van der Waals surface area contributed by atoms with E-state index in [1.165, 1.54) is 13.3 Å². The van der Waals surface area contributed by atoms with E-state index in [2.05, 4.69) is 10.5 Å². The number of carbonyl (C=O) groups is 1. The summed E-state index contributed by atoms with van der Waals surface area (Å²) in [6, 6.07) is 15.7. The molecule has 1 N–H and O–H groups in total. The van der Waals surface area contributed by atoms with Gasteiger partial charge in [-0.15, -0.1) is 0 Å². The molecule has 3 aromatic carbocycles. The number of methoxy groups -OCH3 is 1. The van der Waals surface area contributed by atoms with E-state index in [1.807, 2.05) is 26.0 Å². The monoisotopic (exact) mass is 516 g/mol. The van der Waals surface area contributed by atoms with Gasteiger partial charge in [-0.25, -0.2) is 5.43 Å². The molecule has 0 unspecified atom stereocenters. The summed E-state index contributed by atoms with van der Waals surface area (Å²) in [5.74, 6) is 1.52. The fourth-order valence-corrected chi connectivity index (χ4v) is 3.51. The minimum atomic E-state index is -0.401. The highest BCUT2D eigenvalue weighted by Gasteiger charge is 2.13. The molecular weight excluding hydrogens is 491 g/mol. The molecule has 0 bridgehead atoms. The summed E-state index contributed by atoms with van der Waals surface area (Å²) in [6.07, 6.45) is 1.47. The first-order chi connectivity index (χ1) is 16.9. The maximum Gasteiger partial charge on any atom is 0.271 e. The molecule has 7 nitrogen and oxygen atoms in total. The van der Waals surface area contributed by atoms with Crippen molar-refractivity contribution in [2.24, 2.45) is 5.10 Å². The molecule has 1 amide bonds. The van der Waals surface area contributed by atoms with Gasteiger partial charge in [0.1, 0.15) is 6.61 Å². The highest BCUT2D eigenvalue weighted by Crippen LogP contribution is 2.37. The number of nitrogens with zero attached hydrogens (tertiary/aromatic N) is 1. The maximum atomic E-state index is 12.5. The Kier molecular flexibility index (Phi) is 9.64. The van der Waals surface area contributed by atoms with Gasteiger partial charge in [0.05, 0.1) is 31.6 Å². The van der Waals surface area contributed by atoms with Gasteiger partial charge in [-0.2, -0.15) is 5.10 Å². The zero-order valence-electron chi connectivity index (χ0n) is 19.6. The first-order valence-corrected chi connectivity index (χ1v) is 11.7. The molecule has 9 heteroatoms. The van der Waals surface area contributed by atoms with E-state index < -0.39 is 5.91 Å². The lowest BCUT2D eigenvalue weighted by molar-refractivity contribution is 0.0954. The molecule has 0 saturated carbocycles. The first-order valence-electron chi connectivity index (χ1n) is 10.9. The predicted octanol–water partition coefficient (Wildman–Crippen LogP) is 6.14. The van der Waals surface area contributed by atoms with Crippen molar-refractivity contribution in [2.75, 3.05) is 20.3 Å². The topological polar surface area (TPSA) is 78.4 Å². The third-order valence-corrected chi connectivity index (χ3v) is 5.27. The number of hydrogen-bond acceptors (Lipinski definition) is 6. The lowest BCUT2D eigenvalue weighted by Crippen LogP contribution is -2.17. The largest absolute Gasteiger partial charge is 0.493 e. The van der Waals surface area contributed by atoms with Gasteiger partial charge in [0.25, 0.3) is 5.91 Å². The minimum absolute atomic E-state index is 0.298. The molecule has 0 aromatic heterocycles. The third-order valence-electron chi connectivity index (χ3n) is 4.73. The minimum Gasteiger partial charge on any atom is -0.493 e. The summed E-state index contributed by atoms with van der Waals surface area (Å²) in [7, 11) is 1.51. The van der Waals surface area contributed by atoms with Gasteiger partial charge < -0.3 is 18.9 Å². The van der Waals surface area contributed by atoms with Crippen molar-refractivity contribution >= 4 is 35.3 Å². The Bertz CT molecular complexity index is 1180. The van der Waals surface area contributed by atoms with E-state index in [9.17, 15) is 4.79 Å². The van der Waals surface area contributed by atoms with Gasteiger partial charge in [-0.3, -0.25) is 4.79 Å². The number of hydrazone groups is 1. The van der Waals surface area contributed by atoms with Crippen LogP contribution in [0.1, 0.15) is 35.3 Å². The van der Waals surface area contributed by atoms with Crippen molar-refractivity contribution in [3.63, 3.8) is 0 Å². The number of ether oxygens (including phenoxy) is 4. The fraction of sp³-hybridized carbons (Fsp3) is 0.231. The van der Waals surface area contributed by atoms with Gasteiger partial charge >= 0.3 is 0 Å². The van der Waals surface area contributed by atoms with Crippen LogP contribution >= 0.6 is 23.2 Å². The Morgan fingerprint density at radius 3 is 2.31 bits per heavy atom. The van der Waals surface area contributed by atoms with Gasteiger partial charge in [0, 0.05) is 10.6 Å². The van der Waals surface area contributed by atoms with Crippen molar-refractivity contribution in [1.29, 1.82) is 0 Å². The SMILES string of the molecule is CCOc1ccc(C(=O)N/N=C/c2cc(Cl)c(OCc3ccc(Cl)cc3)c(OCC)c2)cc1OC. The summed E-state index contributed by atoms with van der Waals surface area (Å²) in [6.45, 7) is 4.94. The van der Waals surface area contributed by atoms with Crippen LogP contribution in [-0.2, 0) is 6.61 Å². The summed E-state index contributed by atoms with van der Waals surface area (Å²) in [4.78, 5) is 12.5. The van der Waals surface area contributed by atoms with Crippen molar-refractivity contribution < 1.29 is 23.7 Å². The lowest BCUT2D eigenvalue weighted by Gasteiger charge is -2.14. The average Bonchev–Trinajstić information content (AvgIpc) is 2.85. The molecule has 184 valence electrons. The number of hydrogen-bond donors (Lipinski definition) is 1. The molecule has 0 atom stereocenters. The van der Waals surface area contributed by atoms with Crippen LogP contribution in [0.2, 0.25) is 10.0 Å². The second-order valence-corrected chi connectivity index (χ2v) is 8.02. The summed E-state index contributed by atoms with van der Waals surface area (Å²) in [5.41, 5.74) is 4.44. The number of nitrogens with one attached hydrogen (secondary N) is 1. The lowest BCUT2D eigenvalue weighted by atomic mass is 10.2. The van der Waals surface area contributed by atoms with Crippen LogP contribution in [0.3, 0.4) is 0 Å². The standard InChI is InChI=1S/C26H26Cl2N2O5/c1-4-33-22-11-8-19(14-23(22)32-3)26(31)30-29-15-18-12-21(28)25(24(13-18)34-5-2)35-16-17-6-9-20(27)10-7-17/h6-15H,4-5,16H2,1-3H3,(H,30,31)/b29-15+. The Balaban J connectivity index is 1.70. The first kappa shape index (κ1) is 26.2. The second-order valence-electron chi connectivity index (χ2n) is 7.18. The number of benzene rings is 3. The number of rotatable bonds is 11. The molecule has 3 rings (SSSR count). The van der Waals surface area contributed by atoms with Crippen molar-refractivity contribution in [1.82, 2.24) is 5.43 Å². The summed E-state index contributed by atoms with van der Waals surface area (Å²) in [5, 5.41) is 5.05. The van der Waals surface area contributed by atoms with E-state index >= 15 is 0 Å². The molecule has 0 spiro atoms. The van der Waals surface area contributed by atoms with Crippen molar-refractivity contribution in [3.8, 4) is 23.0 Å². The van der Waals surface area contributed by atoms with Crippen LogP contribution in [0.25, 0.3) is 0 Å². The highest BCUT2D eigenvalue weighted by molar-refractivity contribution is 6.32. The number of amides is 1. The van der Waals surface area contributed by atoms with E-state index in [0.717, 1.165) is 5.56 Å². The van der Waals surface area contributed by atoms with Gasteiger partial charge in [-0.1, -0.05) is 35.3 Å². The van der Waals surface area contributed by atoms with Crippen LogP contribution in [0.5, 0.6) is 23.0 Å². The zero-order valence-corrected chi connectivity index (χ0v) is 21.2. The van der Waals surface area contributed by atoms with Crippen LogP contribution in [0.4, 0.5) is 0 Å². The molecular formula is C26H26Cl2N2O5. The summed E-state index contributed by atoms with van der Waals surface area (Å²) >= 11 is 12.4. The quantitative estimate of drug-likeness (QED) is 0.244. The van der Waals surface area contributed by atoms with Crippen molar-refractivity contribution in [3.05, 3.63) is 81.3 Å².